The molecule has 3 rings (SSSR count). The Morgan fingerprint density at radius 1 is 0.967 bits per heavy atom. The summed E-state index contributed by atoms with van der Waals surface area (Å²) in [6, 6.07) is 14.4. The van der Waals surface area contributed by atoms with Crippen LogP contribution >= 0.6 is 0 Å². The van der Waals surface area contributed by atoms with E-state index in [4.69, 9.17) is 0 Å². The minimum atomic E-state index is -0.627. The highest BCUT2D eigenvalue weighted by molar-refractivity contribution is 6.39. The van der Waals surface area contributed by atoms with Gasteiger partial charge in [0.05, 0.1) is 19.6 Å². The zero-order valence-electron chi connectivity index (χ0n) is 18.4. The third kappa shape index (κ3) is 5.60. The summed E-state index contributed by atoms with van der Waals surface area (Å²) in [4.78, 5) is 28.4. The second-order valence-corrected chi connectivity index (χ2v) is 8.44. The highest BCUT2D eigenvalue weighted by Gasteiger charge is 2.28. The van der Waals surface area contributed by atoms with E-state index in [-0.39, 0.29) is 6.04 Å². The molecule has 1 aliphatic rings. The van der Waals surface area contributed by atoms with Crippen molar-refractivity contribution in [2.45, 2.75) is 32.7 Å². The lowest BCUT2D eigenvalue weighted by Crippen LogP contribution is -3.11. The van der Waals surface area contributed by atoms with Crippen molar-refractivity contribution in [1.82, 2.24) is 5.32 Å². The summed E-state index contributed by atoms with van der Waals surface area (Å²) in [5.41, 5.74) is 5.07. The number of nitrogens with one attached hydrogen (secondary N) is 3. The second-order valence-electron chi connectivity index (χ2n) is 8.44. The Morgan fingerprint density at radius 3 is 2.13 bits per heavy atom. The summed E-state index contributed by atoms with van der Waals surface area (Å²) < 4.78 is 0. The standard InChI is InChI=1S/C24H32N4O2/c1-17-13-18(2)15-20(14-17)26-24(30)23(29)25-16-22(28-11-5-6-12-28)19-7-9-21(10-8-19)27(3)4/h7-10,13-15,22H,5-6,11-12,16H2,1-4H3,(H,25,29)(H,26,30)/p+1/t22-/m0/s1. The number of amides is 2. The second kappa shape index (κ2) is 9.76. The molecule has 1 atom stereocenters. The Kier molecular flexibility index (Phi) is 7.11. The van der Waals surface area contributed by atoms with Crippen molar-refractivity contribution in [3.05, 3.63) is 59.2 Å². The molecule has 0 aliphatic carbocycles. The van der Waals surface area contributed by atoms with Crippen LogP contribution in [0, 0.1) is 13.8 Å². The monoisotopic (exact) mass is 409 g/mol. The summed E-state index contributed by atoms with van der Waals surface area (Å²) in [7, 11) is 4.04. The van der Waals surface area contributed by atoms with Crippen molar-refractivity contribution in [3.8, 4) is 0 Å². The maximum atomic E-state index is 12.5. The van der Waals surface area contributed by atoms with E-state index in [1.807, 2.05) is 46.1 Å². The first-order chi connectivity index (χ1) is 14.3. The summed E-state index contributed by atoms with van der Waals surface area (Å²) in [5, 5.41) is 5.58. The molecule has 0 bridgehead atoms. The number of anilines is 2. The fourth-order valence-electron chi connectivity index (χ4n) is 4.19. The van der Waals surface area contributed by atoms with Gasteiger partial charge in [-0.25, -0.2) is 0 Å². The number of carbonyl (C=O) groups excluding carboxylic acids is 2. The molecule has 0 saturated carbocycles. The Morgan fingerprint density at radius 2 is 1.57 bits per heavy atom. The first-order valence-electron chi connectivity index (χ1n) is 10.6. The van der Waals surface area contributed by atoms with E-state index in [1.165, 1.54) is 23.3 Å². The number of carbonyl (C=O) groups is 2. The Bertz CT molecular complexity index is 866. The minimum Gasteiger partial charge on any atom is -0.378 e. The summed E-state index contributed by atoms with van der Waals surface area (Å²) in [6.07, 6.45) is 2.39. The van der Waals surface area contributed by atoms with E-state index < -0.39 is 11.8 Å². The Balaban J connectivity index is 1.65. The van der Waals surface area contributed by atoms with Crippen molar-refractivity contribution < 1.29 is 14.5 Å². The molecule has 1 aliphatic heterocycles. The lowest BCUT2D eigenvalue weighted by atomic mass is 10.0. The van der Waals surface area contributed by atoms with E-state index in [2.05, 4.69) is 39.8 Å². The van der Waals surface area contributed by atoms with Gasteiger partial charge in [0.1, 0.15) is 6.04 Å². The number of quaternary nitrogens is 1. The Hall–Kier alpha value is -2.86. The normalized spacial score (nSPS) is 14.9. The van der Waals surface area contributed by atoms with Gasteiger partial charge in [0.25, 0.3) is 0 Å². The highest BCUT2D eigenvalue weighted by Crippen LogP contribution is 2.17. The SMILES string of the molecule is Cc1cc(C)cc(NC(=O)C(=O)NC[C@@H](c2ccc(N(C)C)cc2)[NH+]2CCCC2)c1. The molecule has 0 spiro atoms. The summed E-state index contributed by atoms with van der Waals surface area (Å²) in [6.45, 7) is 6.55. The smallest absolute Gasteiger partial charge is 0.313 e. The highest BCUT2D eigenvalue weighted by atomic mass is 16.2. The molecule has 0 aromatic heterocycles. The number of hydrogen-bond donors (Lipinski definition) is 3. The molecule has 0 unspecified atom stereocenters. The Labute approximate surface area is 179 Å². The van der Waals surface area contributed by atoms with Crippen LogP contribution in [0.5, 0.6) is 0 Å². The predicted octanol–water partition coefficient (Wildman–Crippen LogP) is 1.84. The number of hydrogen-bond acceptors (Lipinski definition) is 3. The van der Waals surface area contributed by atoms with Gasteiger partial charge in [-0.3, -0.25) is 9.59 Å². The molecule has 160 valence electrons. The van der Waals surface area contributed by atoms with E-state index in [9.17, 15) is 9.59 Å². The van der Waals surface area contributed by atoms with Gasteiger partial charge in [-0.2, -0.15) is 0 Å². The third-order valence-corrected chi connectivity index (χ3v) is 5.70. The molecule has 1 saturated heterocycles. The van der Waals surface area contributed by atoms with Crippen molar-refractivity contribution in [3.63, 3.8) is 0 Å². The lowest BCUT2D eigenvalue weighted by Gasteiger charge is -2.25. The average molecular weight is 410 g/mol. The first kappa shape index (κ1) is 21.8. The van der Waals surface area contributed by atoms with E-state index in [0.29, 0.717) is 12.2 Å². The van der Waals surface area contributed by atoms with E-state index >= 15 is 0 Å². The molecular weight excluding hydrogens is 376 g/mol. The van der Waals surface area contributed by atoms with Gasteiger partial charge in [-0.15, -0.1) is 0 Å². The first-order valence-corrected chi connectivity index (χ1v) is 10.6. The van der Waals surface area contributed by atoms with Crippen LogP contribution in [0.1, 0.15) is 35.6 Å². The van der Waals surface area contributed by atoms with Gasteiger partial charge in [-0.05, 0) is 49.2 Å². The molecule has 2 amide bonds. The van der Waals surface area contributed by atoms with Crippen LogP contribution < -0.4 is 20.4 Å². The van der Waals surface area contributed by atoms with Crippen molar-refractivity contribution >= 4 is 23.2 Å². The quantitative estimate of drug-likeness (QED) is 0.638. The minimum absolute atomic E-state index is 0.140. The van der Waals surface area contributed by atoms with Crippen LogP contribution in [0.25, 0.3) is 0 Å². The largest absolute Gasteiger partial charge is 0.378 e. The van der Waals surface area contributed by atoms with E-state index in [1.54, 1.807) is 0 Å². The molecule has 6 nitrogen and oxygen atoms in total. The topological polar surface area (TPSA) is 65.9 Å². The van der Waals surface area contributed by atoms with Gasteiger partial charge in [0.15, 0.2) is 0 Å². The predicted molar refractivity (Wildman–Crippen MR) is 121 cm³/mol. The molecule has 0 radical (unpaired) electrons. The fraction of sp³-hybridized carbons (Fsp3) is 0.417. The molecule has 2 aromatic carbocycles. The van der Waals surface area contributed by atoms with Gasteiger partial charge in [0, 0.05) is 43.9 Å². The lowest BCUT2D eigenvalue weighted by molar-refractivity contribution is -0.918. The number of likely N-dealkylation sites (tertiary alicyclic amines) is 1. The van der Waals surface area contributed by atoms with Gasteiger partial charge in [-0.1, -0.05) is 18.2 Å². The van der Waals surface area contributed by atoms with Crippen molar-refractivity contribution in [1.29, 1.82) is 0 Å². The summed E-state index contributed by atoms with van der Waals surface area (Å²) >= 11 is 0. The van der Waals surface area contributed by atoms with Gasteiger partial charge < -0.3 is 20.4 Å². The van der Waals surface area contributed by atoms with Crippen LogP contribution in [0.15, 0.2) is 42.5 Å². The van der Waals surface area contributed by atoms with Crippen LogP contribution in [-0.4, -0.2) is 45.5 Å². The van der Waals surface area contributed by atoms with Crippen LogP contribution in [0.2, 0.25) is 0 Å². The zero-order valence-corrected chi connectivity index (χ0v) is 18.4. The molecule has 2 aromatic rings. The van der Waals surface area contributed by atoms with Crippen LogP contribution in [0.4, 0.5) is 11.4 Å². The number of rotatable bonds is 6. The maximum absolute atomic E-state index is 12.5. The zero-order chi connectivity index (χ0) is 21.7. The molecule has 3 N–H and O–H groups in total. The number of nitrogens with zero attached hydrogens (tertiary/aromatic N) is 1. The van der Waals surface area contributed by atoms with Crippen LogP contribution in [-0.2, 0) is 9.59 Å². The molecular formula is C24H33N4O2+. The van der Waals surface area contributed by atoms with Gasteiger partial charge >= 0.3 is 11.8 Å². The third-order valence-electron chi connectivity index (χ3n) is 5.70. The van der Waals surface area contributed by atoms with Gasteiger partial charge in [0.2, 0.25) is 0 Å². The van der Waals surface area contributed by atoms with E-state index in [0.717, 1.165) is 29.9 Å². The molecule has 1 heterocycles. The molecule has 30 heavy (non-hydrogen) atoms. The maximum Gasteiger partial charge on any atom is 0.313 e. The van der Waals surface area contributed by atoms with Crippen molar-refractivity contribution in [2.75, 3.05) is 43.9 Å². The number of aryl methyl sites for hydroxylation is 2. The van der Waals surface area contributed by atoms with Crippen molar-refractivity contribution in [2.24, 2.45) is 0 Å². The fourth-order valence-corrected chi connectivity index (χ4v) is 4.19. The summed E-state index contributed by atoms with van der Waals surface area (Å²) in [5.74, 6) is -1.22. The average Bonchev–Trinajstić information content (AvgIpc) is 3.22. The molecule has 6 heteroatoms. The number of benzene rings is 2. The molecule has 1 fully saturated rings. The van der Waals surface area contributed by atoms with Crippen LogP contribution in [0.3, 0.4) is 0 Å².